The van der Waals surface area contributed by atoms with E-state index in [4.69, 9.17) is 4.98 Å². The first-order valence-corrected chi connectivity index (χ1v) is 8.23. The molecule has 3 aliphatic rings. The van der Waals surface area contributed by atoms with Gasteiger partial charge in [-0.25, -0.2) is 4.98 Å². The van der Waals surface area contributed by atoms with Gasteiger partial charge in [-0.2, -0.15) is 0 Å². The number of benzene rings is 1. The van der Waals surface area contributed by atoms with Crippen molar-refractivity contribution in [3.63, 3.8) is 0 Å². The number of para-hydroxylation sites is 1. The van der Waals surface area contributed by atoms with E-state index >= 15 is 0 Å². The quantitative estimate of drug-likeness (QED) is 0.710. The molecule has 3 atom stereocenters. The average molecular weight is 271 g/mol. The minimum Gasteiger partial charge on any atom is -0.241 e. The smallest absolute Gasteiger partial charge is 0.101 e. The molecule has 0 N–H and O–H groups in total. The molecule has 19 heavy (non-hydrogen) atoms. The fourth-order valence-corrected chi connectivity index (χ4v) is 6.22. The molecular weight excluding hydrogens is 250 g/mol. The van der Waals surface area contributed by atoms with Crippen LogP contribution in [0.5, 0.6) is 0 Å². The van der Waals surface area contributed by atoms with Gasteiger partial charge in [-0.1, -0.05) is 32.9 Å². The highest BCUT2D eigenvalue weighted by Gasteiger charge is 2.66. The highest BCUT2D eigenvalue weighted by atomic mass is 32.1. The van der Waals surface area contributed by atoms with E-state index in [2.05, 4.69) is 45.0 Å². The number of rotatable bonds is 1. The van der Waals surface area contributed by atoms with Gasteiger partial charge in [0.2, 0.25) is 0 Å². The minimum absolute atomic E-state index is 0.347. The Bertz CT molecular complexity index is 609. The Morgan fingerprint density at radius 2 is 2.00 bits per heavy atom. The van der Waals surface area contributed by atoms with Gasteiger partial charge in [0.25, 0.3) is 0 Å². The molecule has 100 valence electrons. The summed E-state index contributed by atoms with van der Waals surface area (Å²) in [6.45, 7) is 7.40. The fourth-order valence-electron chi connectivity index (χ4n) is 4.77. The SMILES string of the molecule is CC1CCC2CC1(c1nc3ccccc3s1)C2(C)C. The third-order valence-electron chi connectivity index (χ3n) is 6.20. The van der Waals surface area contributed by atoms with Crippen LogP contribution in [0.15, 0.2) is 24.3 Å². The van der Waals surface area contributed by atoms with E-state index in [1.165, 1.54) is 34.5 Å². The number of hydrogen-bond donors (Lipinski definition) is 0. The van der Waals surface area contributed by atoms with Gasteiger partial charge in [0, 0.05) is 5.41 Å². The predicted octanol–water partition coefficient (Wildman–Crippen LogP) is 5.01. The molecule has 1 heterocycles. The molecule has 0 spiro atoms. The number of aromatic nitrogens is 1. The van der Waals surface area contributed by atoms with E-state index < -0.39 is 0 Å². The van der Waals surface area contributed by atoms with Crippen LogP contribution in [0.25, 0.3) is 10.2 Å². The summed E-state index contributed by atoms with van der Waals surface area (Å²) >= 11 is 1.94. The van der Waals surface area contributed by atoms with Crippen molar-refractivity contribution >= 4 is 21.6 Å². The first-order valence-electron chi connectivity index (χ1n) is 7.42. The van der Waals surface area contributed by atoms with Crippen LogP contribution >= 0.6 is 11.3 Å². The lowest BCUT2D eigenvalue weighted by molar-refractivity contribution is -0.133. The van der Waals surface area contributed by atoms with Crippen LogP contribution in [0.2, 0.25) is 0 Å². The van der Waals surface area contributed by atoms with Crippen molar-refractivity contribution in [2.75, 3.05) is 0 Å². The second kappa shape index (κ2) is 3.60. The Hall–Kier alpha value is -0.890. The van der Waals surface area contributed by atoms with Crippen molar-refractivity contribution in [3.8, 4) is 0 Å². The molecule has 3 aliphatic carbocycles. The van der Waals surface area contributed by atoms with Crippen LogP contribution in [0.4, 0.5) is 0 Å². The van der Waals surface area contributed by atoms with Gasteiger partial charge >= 0.3 is 0 Å². The van der Waals surface area contributed by atoms with Crippen molar-refractivity contribution in [1.29, 1.82) is 0 Å². The second-order valence-corrected chi connectivity index (χ2v) is 8.09. The summed E-state index contributed by atoms with van der Waals surface area (Å²) < 4.78 is 1.35. The molecule has 2 heteroatoms. The molecule has 3 fully saturated rings. The van der Waals surface area contributed by atoms with Crippen molar-refractivity contribution in [1.82, 2.24) is 4.98 Å². The Balaban J connectivity index is 1.90. The van der Waals surface area contributed by atoms with Crippen LogP contribution in [0.3, 0.4) is 0 Å². The maximum Gasteiger partial charge on any atom is 0.101 e. The van der Waals surface area contributed by atoms with Crippen LogP contribution in [0, 0.1) is 17.3 Å². The highest BCUT2D eigenvalue weighted by Crippen LogP contribution is 2.70. The van der Waals surface area contributed by atoms with E-state index in [9.17, 15) is 0 Å². The predicted molar refractivity (Wildman–Crippen MR) is 81.6 cm³/mol. The van der Waals surface area contributed by atoms with Gasteiger partial charge in [0.05, 0.1) is 10.2 Å². The summed E-state index contributed by atoms with van der Waals surface area (Å²) in [4.78, 5) is 5.01. The van der Waals surface area contributed by atoms with Gasteiger partial charge in [0.1, 0.15) is 5.01 Å². The Morgan fingerprint density at radius 1 is 1.21 bits per heavy atom. The summed E-state index contributed by atoms with van der Waals surface area (Å²) in [5, 5.41) is 1.40. The largest absolute Gasteiger partial charge is 0.241 e. The molecule has 2 bridgehead atoms. The summed E-state index contributed by atoms with van der Waals surface area (Å²) in [5.74, 6) is 1.68. The van der Waals surface area contributed by atoms with E-state index in [-0.39, 0.29) is 0 Å². The summed E-state index contributed by atoms with van der Waals surface area (Å²) in [5.41, 5.74) is 1.96. The zero-order valence-electron chi connectivity index (χ0n) is 11.9. The molecule has 0 saturated heterocycles. The first-order chi connectivity index (χ1) is 9.05. The molecule has 3 unspecified atom stereocenters. The van der Waals surface area contributed by atoms with Gasteiger partial charge in [-0.3, -0.25) is 0 Å². The molecule has 2 aromatic rings. The van der Waals surface area contributed by atoms with Crippen LogP contribution in [-0.4, -0.2) is 4.98 Å². The maximum absolute atomic E-state index is 5.01. The van der Waals surface area contributed by atoms with Gasteiger partial charge in [0.15, 0.2) is 0 Å². The number of thiazole rings is 1. The van der Waals surface area contributed by atoms with E-state index in [1.54, 1.807) is 0 Å². The Morgan fingerprint density at radius 3 is 2.68 bits per heavy atom. The highest BCUT2D eigenvalue weighted by molar-refractivity contribution is 7.18. The van der Waals surface area contributed by atoms with Crippen LogP contribution < -0.4 is 0 Å². The second-order valence-electron chi connectivity index (χ2n) is 7.06. The first kappa shape index (κ1) is 11.9. The summed E-state index contributed by atoms with van der Waals surface area (Å²) in [6.07, 6.45) is 4.16. The van der Waals surface area contributed by atoms with Gasteiger partial charge < -0.3 is 0 Å². The molecule has 1 nitrogen and oxygen atoms in total. The lowest BCUT2D eigenvalue weighted by Crippen LogP contribution is -2.64. The Labute approximate surface area is 119 Å². The van der Waals surface area contributed by atoms with Gasteiger partial charge in [-0.15, -0.1) is 11.3 Å². The summed E-state index contributed by atoms with van der Waals surface area (Å²) in [7, 11) is 0. The van der Waals surface area contributed by atoms with E-state index in [0.717, 1.165) is 11.8 Å². The molecule has 0 amide bonds. The number of fused-ring (bicyclic) bond motifs is 3. The molecule has 1 aromatic carbocycles. The standard InChI is InChI=1S/C17H21NS/c1-11-8-9-12-10-17(11,16(12,2)3)15-18-13-6-4-5-7-14(13)19-15/h4-7,11-12H,8-10H2,1-3H3. The lowest BCUT2D eigenvalue weighted by Gasteiger charge is -2.67. The molecule has 0 aliphatic heterocycles. The monoisotopic (exact) mass is 271 g/mol. The van der Waals surface area contributed by atoms with E-state index in [1.807, 2.05) is 11.3 Å². The summed E-state index contributed by atoms with van der Waals surface area (Å²) in [6, 6.07) is 8.59. The van der Waals surface area contributed by atoms with Crippen molar-refractivity contribution in [2.45, 2.75) is 45.4 Å². The fraction of sp³-hybridized carbons (Fsp3) is 0.588. The lowest BCUT2D eigenvalue weighted by atomic mass is 9.37. The van der Waals surface area contributed by atoms with Crippen molar-refractivity contribution < 1.29 is 0 Å². The number of hydrogen-bond acceptors (Lipinski definition) is 2. The topological polar surface area (TPSA) is 12.9 Å². The average Bonchev–Trinajstić information content (AvgIpc) is 2.81. The molecule has 1 aromatic heterocycles. The normalized spacial score (nSPS) is 36.2. The van der Waals surface area contributed by atoms with Crippen molar-refractivity contribution in [2.24, 2.45) is 17.3 Å². The third kappa shape index (κ3) is 1.29. The van der Waals surface area contributed by atoms with Crippen LogP contribution in [-0.2, 0) is 5.41 Å². The number of nitrogens with zero attached hydrogens (tertiary/aromatic N) is 1. The maximum atomic E-state index is 5.01. The van der Waals surface area contributed by atoms with E-state index in [0.29, 0.717) is 10.8 Å². The Kier molecular flexibility index (Phi) is 2.26. The molecule has 5 rings (SSSR count). The van der Waals surface area contributed by atoms with Gasteiger partial charge in [-0.05, 0) is 48.6 Å². The minimum atomic E-state index is 0.347. The zero-order chi connectivity index (χ0) is 13.3. The van der Waals surface area contributed by atoms with Crippen molar-refractivity contribution in [3.05, 3.63) is 29.3 Å². The van der Waals surface area contributed by atoms with Crippen LogP contribution in [0.1, 0.15) is 45.0 Å². The third-order valence-corrected chi connectivity index (χ3v) is 7.42. The molecular formula is C17H21NS. The molecule has 0 radical (unpaired) electrons. The zero-order valence-corrected chi connectivity index (χ0v) is 12.8. The molecule has 3 saturated carbocycles.